The Hall–Kier alpha value is -1.84. The second-order valence-corrected chi connectivity index (χ2v) is 2.40. The van der Waals surface area contributed by atoms with Crippen LogP contribution in [0.3, 0.4) is 0 Å². The third kappa shape index (κ3) is 2.59. The molecule has 68 valence electrons. The summed E-state index contributed by atoms with van der Waals surface area (Å²) >= 11 is 0. The molecule has 0 spiro atoms. The van der Waals surface area contributed by atoms with Gasteiger partial charge in [-0.3, -0.25) is 4.79 Å². The maximum Gasteiger partial charge on any atom is 0.363 e. The van der Waals surface area contributed by atoms with Crippen LogP contribution in [0.5, 0.6) is 0 Å². The second kappa shape index (κ2) is 4.25. The van der Waals surface area contributed by atoms with Crippen LogP contribution < -0.4 is 0 Å². The predicted octanol–water partition coefficient (Wildman–Crippen LogP) is 0.847. The quantitative estimate of drug-likeness (QED) is 0.510. The van der Waals surface area contributed by atoms with E-state index >= 15 is 0 Å². The van der Waals surface area contributed by atoms with Crippen LogP contribution in [0.1, 0.15) is 10.4 Å². The van der Waals surface area contributed by atoms with Gasteiger partial charge in [-0.2, -0.15) is 5.06 Å². The lowest BCUT2D eigenvalue weighted by atomic mass is 10.2. The SMILES string of the molecule is CN(C=O)OC(=O)c1ccccc1. The van der Waals surface area contributed by atoms with Crippen molar-refractivity contribution >= 4 is 12.4 Å². The number of carbonyl (C=O) groups is 2. The fourth-order valence-electron chi connectivity index (χ4n) is 0.779. The van der Waals surface area contributed by atoms with Gasteiger partial charge in [-0.15, -0.1) is 0 Å². The summed E-state index contributed by atoms with van der Waals surface area (Å²) in [6.07, 6.45) is 0.418. The van der Waals surface area contributed by atoms with E-state index in [-0.39, 0.29) is 0 Å². The van der Waals surface area contributed by atoms with E-state index in [1.165, 1.54) is 7.05 Å². The summed E-state index contributed by atoms with van der Waals surface area (Å²) in [5.74, 6) is -0.546. The van der Waals surface area contributed by atoms with Gasteiger partial charge >= 0.3 is 5.97 Å². The maximum absolute atomic E-state index is 11.2. The van der Waals surface area contributed by atoms with Crippen molar-refractivity contribution in [2.45, 2.75) is 0 Å². The highest BCUT2D eigenvalue weighted by Gasteiger charge is 2.07. The third-order valence-corrected chi connectivity index (χ3v) is 1.38. The van der Waals surface area contributed by atoms with Crippen LogP contribution >= 0.6 is 0 Å². The lowest BCUT2D eigenvalue weighted by Gasteiger charge is -2.09. The molecule has 0 N–H and O–H groups in total. The average Bonchev–Trinajstić information content (AvgIpc) is 2.19. The molecule has 0 saturated carbocycles. The molecule has 1 aromatic rings. The first-order chi connectivity index (χ1) is 6.24. The molecule has 0 aromatic heterocycles. The van der Waals surface area contributed by atoms with Crippen molar-refractivity contribution in [2.24, 2.45) is 0 Å². The van der Waals surface area contributed by atoms with Crippen LogP contribution in [0, 0.1) is 0 Å². The molecule has 0 bridgehead atoms. The summed E-state index contributed by atoms with van der Waals surface area (Å²) < 4.78 is 0. The first-order valence-electron chi connectivity index (χ1n) is 3.69. The van der Waals surface area contributed by atoms with E-state index in [1.54, 1.807) is 30.3 Å². The lowest BCUT2D eigenvalue weighted by molar-refractivity contribution is -0.146. The van der Waals surface area contributed by atoms with Crippen molar-refractivity contribution < 1.29 is 14.4 Å². The van der Waals surface area contributed by atoms with Gasteiger partial charge in [0.05, 0.1) is 5.56 Å². The zero-order valence-corrected chi connectivity index (χ0v) is 7.14. The zero-order chi connectivity index (χ0) is 9.68. The molecule has 0 fully saturated rings. The number of amides is 1. The average molecular weight is 179 g/mol. The molecule has 1 aromatic carbocycles. The highest BCUT2D eigenvalue weighted by molar-refractivity contribution is 5.89. The monoisotopic (exact) mass is 179 g/mol. The third-order valence-electron chi connectivity index (χ3n) is 1.38. The summed E-state index contributed by atoms with van der Waals surface area (Å²) in [5.41, 5.74) is 0.413. The molecule has 13 heavy (non-hydrogen) atoms. The van der Waals surface area contributed by atoms with Crippen LogP contribution in [-0.2, 0) is 9.63 Å². The maximum atomic E-state index is 11.2. The Morgan fingerprint density at radius 2 is 2.00 bits per heavy atom. The molecule has 0 unspecified atom stereocenters. The predicted molar refractivity (Wildman–Crippen MR) is 45.7 cm³/mol. The molecule has 0 radical (unpaired) electrons. The first kappa shape index (κ1) is 9.25. The summed E-state index contributed by atoms with van der Waals surface area (Å²) in [5, 5.41) is 0.815. The van der Waals surface area contributed by atoms with E-state index in [9.17, 15) is 9.59 Å². The minimum Gasteiger partial charge on any atom is -0.333 e. The van der Waals surface area contributed by atoms with Gasteiger partial charge in [-0.25, -0.2) is 4.79 Å². The Morgan fingerprint density at radius 3 is 2.54 bits per heavy atom. The fourth-order valence-corrected chi connectivity index (χ4v) is 0.779. The Kier molecular flexibility index (Phi) is 3.03. The van der Waals surface area contributed by atoms with Crippen LogP contribution in [0.15, 0.2) is 30.3 Å². The molecule has 4 heteroatoms. The van der Waals surface area contributed by atoms with E-state index in [2.05, 4.69) is 4.84 Å². The largest absolute Gasteiger partial charge is 0.363 e. The number of hydrogen-bond donors (Lipinski definition) is 0. The van der Waals surface area contributed by atoms with Crippen molar-refractivity contribution in [1.82, 2.24) is 5.06 Å². The molecule has 0 saturated heterocycles. The zero-order valence-electron chi connectivity index (χ0n) is 7.14. The molecule has 0 aliphatic heterocycles. The normalized spacial score (nSPS) is 9.00. The van der Waals surface area contributed by atoms with Crippen LogP contribution in [0.4, 0.5) is 0 Å². The second-order valence-electron chi connectivity index (χ2n) is 2.40. The van der Waals surface area contributed by atoms with Crippen LogP contribution in [0.25, 0.3) is 0 Å². The van der Waals surface area contributed by atoms with Crippen molar-refractivity contribution in [1.29, 1.82) is 0 Å². The van der Waals surface area contributed by atoms with Gasteiger partial charge in [0.2, 0.25) is 6.41 Å². The van der Waals surface area contributed by atoms with E-state index in [0.29, 0.717) is 12.0 Å². The number of rotatable bonds is 3. The number of hydrogen-bond acceptors (Lipinski definition) is 3. The number of benzene rings is 1. The number of hydroxylamine groups is 2. The molecule has 1 rings (SSSR count). The summed E-state index contributed by atoms with van der Waals surface area (Å²) in [4.78, 5) is 25.9. The topological polar surface area (TPSA) is 46.6 Å². The minimum atomic E-state index is -0.546. The minimum absolute atomic E-state index is 0.413. The molecular weight excluding hydrogens is 170 g/mol. The molecule has 0 aliphatic rings. The summed E-state index contributed by atoms with van der Waals surface area (Å²) in [6, 6.07) is 8.46. The molecular formula is C9H9NO3. The molecule has 0 heterocycles. The Bertz CT molecular complexity index is 297. The van der Waals surface area contributed by atoms with Crippen molar-refractivity contribution in [2.75, 3.05) is 7.05 Å². The van der Waals surface area contributed by atoms with E-state index in [4.69, 9.17) is 0 Å². The Labute approximate surface area is 75.7 Å². The molecule has 4 nitrogen and oxygen atoms in total. The van der Waals surface area contributed by atoms with Gasteiger partial charge in [-0.1, -0.05) is 18.2 Å². The van der Waals surface area contributed by atoms with E-state index in [1.807, 2.05) is 0 Å². The lowest BCUT2D eigenvalue weighted by Crippen LogP contribution is -2.21. The highest BCUT2D eigenvalue weighted by atomic mass is 16.7. The molecule has 0 atom stereocenters. The van der Waals surface area contributed by atoms with E-state index < -0.39 is 5.97 Å². The summed E-state index contributed by atoms with van der Waals surface area (Å²) in [6.45, 7) is 0. The van der Waals surface area contributed by atoms with Gasteiger partial charge < -0.3 is 4.84 Å². The molecule has 0 aliphatic carbocycles. The standard InChI is InChI=1S/C9H9NO3/c1-10(7-11)13-9(12)8-5-3-2-4-6-8/h2-7H,1H3. The van der Waals surface area contributed by atoms with Gasteiger partial charge in [0.25, 0.3) is 0 Å². The van der Waals surface area contributed by atoms with E-state index in [0.717, 1.165) is 5.06 Å². The van der Waals surface area contributed by atoms with Gasteiger partial charge in [-0.05, 0) is 12.1 Å². The van der Waals surface area contributed by atoms with Crippen LogP contribution in [-0.4, -0.2) is 24.5 Å². The fraction of sp³-hybridized carbons (Fsp3) is 0.111. The van der Waals surface area contributed by atoms with Crippen molar-refractivity contribution in [3.05, 3.63) is 35.9 Å². The smallest absolute Gasteiger partial charge is 0.333 e. The first-order valence-corrected chi connectivity index (χ1v) is 3.69. The van der Waals surface area contributed by atoms with Crippen molar-refractivity contribution in [3.63, 3.8) is 0 Å². The van der Waals surface area contributed by atoms with Gasteiger partial charge in [0.1, 0.15) is 0 Å². The number of carbonyl (C=O) groups excluding carboxylic acids is 2. The number of nitrogens with zero attached hydrogens (tertiary/aromatic N) is 1. The van der Waals surface area contributed by atoms with Crippen molar-refractivity contribution in [3.8, 4) is 0 Å². The van der Waals surface area contributed by atoms with Crippen LogP contribution in [0.2, 0.25) is 0 Å². The summed E-state index contributed by atoms with van der Waals surface area (Å²) in [7, 11) is 1.36. The molecule has 1 amide bonds. The van der Waals surface area contributed by atoms with Gasteiger partial charge in [0.15, 0.2) is 0 Å². The Morgan fingerprint density at radius 1 is 1.38 bits per heavy atom. The highest BCUT2D eigenvalue weighted by Crippen LogP contribution is 2.01. The Balaban J connectivity index is 2.64. The van der Waals surface area contributed by atoms with Gasteiger partial charge in [0, 0.05) is 7.05 Å².